The van der Waals surface area contributed by atoms with Crippen LogP contribution in [0.3, 0.4) is 0 Å². The summed E-state index contributed by atoms with van der Waals surface area (Å²) >= 11 is 1.17. The Bertz CT molecular complexity index is 860. The third-order valence-corrected chi connectivity index (χ3v) is 4.18. The van der Waals surface area contributed by atoms with Crippen LogP contribution in [0.15, 0.2) is 71.1 Å². The van der Waals surface area contributed by atoms with Gasteiger partial charge in [-0.15, -0.1) is 0 Å². The molecular weight excluding hydrogens is 339 g/mol. The van der Waals surface area contributed by atoms with Crippen molar-refractivity contribution in [3.63, 3.8) is 0 Å². The zero-order valence-electron chi connectivity index (χ0n) is 13.2. The Morgan fingerprint density at radius 1 is 1.20 bits per heavy atom. The number of aliphatic imine (C=N–C) groups is 1. The molecule has 1 fully saturated rings. The first-order chi connectivity index (χ1) is 12.2. The highest BCUT2D eigenvalue weighted by molar-refractivity contribution is 8.18. The number of carbonyl (C=O) groups is 1. The molecule has 2 aromatic carbocycles. The zero-order chi connectivity index (χ0) is 17.6. The Balaban J connectivity index is 1.75. The molecule has 6 heteroatoms. The monoisotopic (exact) mass is 354 g/mol. The van der Waals surface area contributed by atoms with E-state index in [0.717, 1.165) is 11.3 Å². The van der Waals surface area contributed by atoms with Crippen molar-refractivity contribution < 1.29 is 13.9 Å². The number of halogens is 1. The Morgan fingerprint density at radius 2 is 1.96 bits per heavy atom. The van der Waals surface area contributed by atoms with Crippen LogP contribution < -0.4 is 10.1 Å². The lowest BCUT2D eigenvalue weighted by Gasteiger charge is -2.03. The fourth-order valence-electron chi connectivity index (χ4n) is 2.10. The normalized spacial score (nSPS) is 16.9. The molecule has 1 amide bonds. The van der Waals surface area contributed by atoms with Crippen LogP contribution >= 0.6 is 11.8 Å². The summed E-state index contributed by atoms with van der Waals surface area (Å²) < 4.78 is 19.1. The maximum atomic E-state index is 13.6. The van der Waals surface area contributed by atoms with Gasteiger partial charge in [0.2, 0.25) is 0 Å². The second-order valence-electron chi connectivity index (χ2n) is 5.10. The minimum Gasteiger partial charge on any atom is -0.490 e. The molecular formula is C19H15FN2O2S. The van der Waals surface area contributed by atoms with Crippen LogP contribution in [-0.4, -0.2) is 17.7 Å². The Kier molecular flexibility index (Phi) is 5.30. The van der Waals surface area contributed by atoms with E-state index < -0.39 is 5.82 Å². The average molecular weight is 354 g/mol. The van der Waals surface area contributed by atoms with E-state index in [1.165, 1.54) is 17.8 Å². The summed E-state index contributed by atoms with van der Waals surface area (Å²) in [5.74, 6) is 0.0387. The molecule has 1 aliphatic rings. The lowest BCUT2D eigenvalue weighted by molar-refractivity contribution is -0.115. The minimum absolute atomic E-state index is 0.190. The third-order valence-electron chi connectivity index (χ3n) is 3.27. The Morgan fingerprint density at radius 3 is 2.68 bits per heavy atom. The van der Waals surface area contributed by atoms with Crippen molar-refractivity contribution in [2.75, 3.05) is 6.61 Å². The molecule has 0 spiro atoms. The molecule has 0 saturated carbocycles. The summed E-state index contributed by atoms with van der Waals surface area (Å²) in [4.78, 5) is 16.7. The number of hydrogen-bond donors (Lipinski definition) is 1. The van der Waals surface area contributed by atoms with E-state index >= 15 is 0 Å². The quantitative estimate of drug-likeness (QED) is 0.644. The smallest absolute Gasteiger partial charge is 0.264 e. The topological polar surface area (TPSA) is 50.7 Å². The van der Waals surface area contributed by atoms with Gasteiger partial charge < -0.3 is 10.1 Å². The molecule has 0 unspecified atom stereocenters. The molecule has 1 N–H and O–H groups in total. The number of thioether (sulfide) groups is 1. The van der Waals surface area contributed by atoms with Gasteiger partial charge in [-0.25, -0.2) is 9.38 Å². The van der Waals surface area contributed by atoms with Crippen LogP contribution in [0.2, 0.25) is 0 Å². The van der Waals surface area contributed by atoms with Crippen LogP contribution in [0, 0.1) is 5.82 Å². The highest BCUT2D eigenvalue weighted by Gasteiger charge is 2.24. The minimum atomic E-state index is -0.433. The van der Waals surface area contributed by atoms with Crippen LogP contribution in [0.25, 0.3) is 6.08 Å². The molecule has 0 aliphatic carbocycles. The van der Waals surface area contributed by atoms with Crippen LogP contribution in [0.5, 0.6) is 5.75 Å². The van der Waals surface area contributed by atoms with Crippen molar-refractivity contribution in [3.05, 3.63) is 77.5 Å². The lowest BCUT2D eigenvalue weighted by atomic mass is 10.2. The second-order valence-corrected chi connectivity index (χ2v) is 6.13. The van der Waals surface area contributed by atoms with E-state index in [1.807, 2.05) is 24.3 Å². The predicted molar refractivity (Wildman–Crippen MR) is 99.3 cm³/mol. The van der Waals surface area contributed by atoms with Crippen molar-refractivity contribution in [3.8, 4) is 5.75 Å². The van der Waals surface area contributed by atoms with Crippen LogP contribution in [0.1, 0.15) is 5.56 Å². The third kappa shape index (κ3) is 4.36. The average Bonchev–Trinajstić information content (AvgIpc) is 2.95. The first-order valence-corrected chi connectivity index (χ1v) is 8.35. The van der Waals surface area contributed by atoms with E-state index in [9.17, 15) is 9.18 Å². The summed E-state index contributed by atoms with van der Waals surface area (Å²) in [5, 5.41) is 3.00. The molecule has 126 valence electrons. The zero-order valence-corrected chi connectivity index (χ0v) is 14.1. The highest BCUT2D eigenvalue weighted by atomic mass is 32.2. The Labute approximate surface area is 149 Å². The number of nitrogens with one attached hydrogen (secondary N) is 1. The Hall–Kier alpha value is -2.86. The number of para-hydroxylation sites is 1. The number of ether oxygens (including phenoxy) is 1. The number of amides is 1. The molecule has 0 radical (unpaired) electrons. The number of carbonyl (C=O) groups excluding carboxylic acids is 1. The van der Waals surface area contributed by atoms with Crippen molar-refractivity contribution in [1.82, 2.24) is 5.32 Å². The maximum absolute atomic E-state index is 13.6. The molecule has 1 heterocycles. The largest absolute Gasteiger partial charge is 0.490 e. The molecule has 1 saturated heterocycles. The molecule has 25 heavy (non-hydrogen) atoms. The standard InChI is InChI=1S/C19H15FN2O2S/c1-2-11-24-14-9-7-13(8-10-14)12-17-18(23)22-19(25-17)21-16-6-4-3-5-15(16)20/h2-10,12H,1,11H2,(H,21,22,23)/b17-12+. The molecule has 3 rings (SSSR count). The predicted octanol–water partition coefficient (Wildman–Crippen LogP) is 4.28. The van der Waals surface area contributed by atoms with E-state index in [1.54, 1.807) is 30.4 Å². The van der Waals surface area contributed by atoms with Gasteiger partial charge in [-0.2, -0.15) is 0 Å². The van der Waals surface area contributed by atoms with Gasteiger partial charge in [0.05, 0.1) is 4.91 Å². The van der Waals surface area contributed by atoms with Crippen LogP contribution in [-0.2, 0) is 4.79 Å². The van der Waals surface area contributed by atoms with Gasteiger partial charge in [0.25, 0.3) is 5.91 Å². The van der Waals surface area contributed by atoms with E-state index in [-0.39, 0.29) is 11.6 Å². The summed E-state index contributed by atoms with van der Waals surface area (Å²) in [7, 11) is 0. The summed E-state index contributed by atoms with van der Waals surface area (Å²) in [5.41, 5.74) is 1.05. The molecule has 4 nitrogen and oxygen atoms in total. The SMILES string of the molecule is C=CCOc1ccc(/C=C2/SC(=Nc3ccccc3F)NC2=O)cc1. The van der Waals surface area contributed by atoms with Crippen molar-refractivity contribution in [2.45, 2.75) is 0 Å². The number of hydrogen-bond acceptors (Lipinski definition) is 4. The van der Waals surface area contributed by atoms with Crippen molar-refractivity contribution in [2.24, 2.45) is 4.99 Å². The van der Waals surface area contributed by atoms with Gasteiger partial charge in [0, 0.05) is 0 Å². The summed E-state index contributed by atoms with van der Waals surface area (Å²) in [6.07, 6.45) is 3.42. The molecule has 0 bridgehead atoms. The first-order valence-electron chi connectivity index (χ1n) is 7.53. The molecule has 2 aromatic rings. The van der Waals surface area contributed by atoms with Crippen LogP contribution in [0.4, 0.5) is 10.1 Å². The fraction of sp³-hybridized carbons (Fsp3) is 0.0526. The van der Waals surface area contributed by atoms with E-state index in [0.29, 0.717) is 16.7 Å². The maximum Gasteiger partial charge on any atom is 0.264 e. The molecule has 0 aromatic heterocycles. The van der Waals surface area contributed by atoms with E-state index in [4.69, 9.17) is 4.74 Å². The number of rotatable bonds is 5. The summed E-state index contributed by atoms with van der Waals surface area (Å²) in [6, 6.07) is 13.5. The molecule has 0 atom stereocenters. The number of nitrogens with zero attached hydrogens (tertiary/aromatic N) is 1. The first kappa shape index (κ1) is 17.0. The van der Waals surface area contributed by atoms with Gasteiger partial charge in [-0.1, -0.05) is 36.9 Å². The van der Waals surface area contributed by atoms with Gasteiger partial charge in [-0.05, 0) is 47.7 Å². The second kappa shape index (κ2) is 7.81. The number of benzene rings is 2. The highest BCUT2D eigenvalue weighted by Crippen LogP contribution is 2.29. The van der Waals surface area contributed by atoms with Gasteiger partial charge in [0.15, 0.2) is 5.17 Å². The fourth-order valence-corrected chi connectivity index (χ4v) is 2.93. The van der Waals surface area contributed by atoms with E-state index in [2.05, 4.69) is 16.9 Å². The van der Waals surface area contributed by atoms with Crippen molar-refractivity contribution in [1.29, 1.82) is 0 Å². The van der Waals surface area contributed by atoms with Gasteiger partial charge in [-0.3, -0.25) is 4.79 Å². The molecule has 1 aliphatic heterocycles. The van der Waals surface area contributed by atoms with Gasteiger partial charge in [0.1, 0.15) is 23.9 Å². The van der Waals surface area contributed by atoms with Crippen molar-refractivity contribution >= 4 is 34.6 Å². The summed E-state index contributed by atoms with van der Waals surface area (Å²) in [6.45, 7) is 4.04. The lowest BCUT2D eigenvalue weighted by Crippen LogP contribution is -2.19. The van der Waals surface area contributed by atoms with Gasteiger partial charge >= 0.3 is 0 Å². The number of amidine groups is 1.